The van der Waals surface area contributed by atoms with Gasteiger partial charge in [-0.05, 0) is 12.1 Å². The topological polar surface area (TPSA) is 42.3 Å². The molecule has 0 saturated carbocycles. The third-order valence-electron chi connectivity index (χ3n) is 3.19. The van der Waals surface area contributed by atoms with Gasteiger partial charge in [-0.25, -0.2) is 13.8 Å². The van der Waals surface area contributed by atoms with E-state index in [0.717, 1.165) is 6.07 Å². The fourth-order valence-corrected chi connectivity index (χ4v) is 3.19. The molecule has 2 heterocycles. The van der Waals surface area contributed by atoms with E-state index >= 15 is 0 Å². The summed E-state index contributed by atoms with van der Waals surface area (Å²) < 4.78 is 40.3. The highest BCUT2D eigenvalue weighted by atomic mass is 32.1. The molecule has 3 nitrogen and oxygen atoms in total. The molecule has 0 N–H and O–H groups in total. The number of ketones is 1. The first kappa shape index (κ1) is 13.2. The molecule has 0 bridgehead atoms. The minimum absolute atomic E-state index is 0.0394. The number of thiazole rings is 1. The first-order valence-electron chi connectivity index (χ1n) is 5.99. The van der Waals surface area contributed by atoms with Gasteiger partial charge in [-0.15, -0.1) is 11.3 Å². The molecule has 104 valence electrons. The summed E-state index contributed by atoms with van der Waals surface area (Å²) in [5, 5.41) is 0.498. The lowest BCUT2D eigenvalue weighted by Crippen LogP contribution is -2.26. The monoisotopic (exact) mass is 298 g/mol. The van der Waals surface area contributed by atoms with Crippen molar-refractivity contribution in [3.63, 3.8) is 0 Å². The van der Waals surface area contributed by atoms with Crippen LogP contribution in [0.15, 0.2) is 17.1 Å². The predicted octanol–water partition coefficient (Wildman–Crippen LogP) is 3.07. The molecule has 1 aromatic heterocycles. The van der Waals surface area contributed by atoms with Crippen molar-refractivity contribution >= 4 is 33.3 Å². The number of nitrogens with zero attached hydrogens (tertiary/aromatic N) is 2. The number of aliphatic imine (C=N–C) groups is 1. The Bertz CT molecular complexity index is 726. The standard InChI is InChI=1S/C13H9F3N2OS/c14-7-1-2-9-13(12(7)16)18-11(20-9)4-6-3-10(15)17-5-8(6)19/h1-2,6H,3-5H2. The summed E-state index contributed by atoms with van der Waals surface area (Å²) in [6.07, 6.45) is 0.174. The Hall–Kier alpha value is -1.76. The van der Waals surface area contributed by atoms with Crippen LogP contribution in [-0.4, -0.2) is 23.3 Å². The van der Waals surface area contributed by atoms with E-state index < -0.39 is 23.5 Å². The Morgan fingerprint density at radius 3 is 2.90 bits per heavy atom. The van der Waals surface area contributed by atoms with Crippen LogP contribution in [0, 0.1) is 17.6 Å². The SMILES string of the molecule is O=C1CN=C(F)CC1Cc1nc2c(F)c(F)ccc2s1. The first-order chi connectivity index (χ1) is 9.54. The van der Waals surface area contributed by atoms with Crippen molar-refractivity contribution in [2.24, 2.45) is 10.9 Å². The molecule has 0 radical (unpaired) electrons. The number of rotatable bonds is 2. The van der Waals surface area contributed by atoms with E-state index in [0.29, 0.717) is 9.71 Å². The Kier molecular flexibility index (Phi) is 3.29. The van der Waals surface area contributed by atoms with Crippen molar-refractivity contribution in [1.82, 2.24) is 4.98 Å². The number of hydrogen-bond donors (Lipinski definition) is 0. The maximum Gasteiger partial charge on any atom is 0.185 e. The molecule has 0 aliphatic carbocycles. The zero-order chi connectivity index (χ0) is 14.3. The molecule has 1 atom stereocenters. The van der Waals surface area contributed by atoms with Crippen LogP contribution in [-0.2, 0) is 11.2 Å². The van der Waals surface area contributed by atoms with Crippen LogP contribution >= 0.6 is 11.3 Å². The van der Waals surface area contributed by atoms with Gasteiger partial charge in [0.05, 0.1) is 9.71 Å². The molecular weight excluding hydrogens is 289 g/mol. The van der Waals surface area contributed by atoms with Gasteiger partial charge in [-0.1, -0.05) is 0 Å². The van der Waals surface area contributed by atoms with Crippen molar-refractivity contribution in [2.75, 3.05) is 6.54 Å². The number of aromatic nitrogens is 1. The lowest BCUT2D eigenvalue weighted by atomic mass is 9.95. The third-order valence-corrected chi connectivity index (χ3v) is 4.24. The summed E-state index contributed by atoms with van der Waals surface area (Å²) in [7, 11) is 0. The lowest BCUT2D eigenvalue weighted by molar-refractivity contribution is -0.121. The van der Waals surface area contributed by atoms with Crippen LogP contribution in [0.4, 0.5) is 13.2 Å². The Morgan fingerprint density at radius 2 is 2.10 bits per heavy atom. The summed E-state index contributed by atoms with van der Waals surface area (Å²) in [5.74, 6) is -3.18. The quantitative estimate of drug-likeness (QED) is 0.855. The zero-order valence-corrected chi connectivity index (χ0v) is 11.0. The number of carbonyl (C=O) groups is 1. The normalized spacial score (nSPS) is 19.4. The van der Waals surface area contributed by atoms with Gasteiger partial charge in [0.2, 0.25) is 0 Å². The molecule has 1 unspecified atom stereocenters. The number of hydrogen-bond acceptors (Lipinski definition) is 4. The average molecular weight is 298 g/mol. The summed E-state index contributed by atoms with van der Waals surface area (Å²) in [6, 6.07) is 2.48. The minimum Gasteiger partial charge on any atom is -0.297 e. The smallest absolute Gasteiger partial charge is 0.185 e. The Balaban J connectivity index is 1.90. The van der Waals surface area contributed by atoms with Gasteiger partial charge in [0, 0.05) is 18.8 Å². The number of halogens is 3. The van der Waals surface area contributed by atoms with E-state index in [2.05, 4.69) is 9.98 Å². The molecule has 0 amide bonds. The number of carbonyl (C=O) groups excluding carboxylic acids is 1. The second-order valence-electron chi connectivity index (χ2n) is 4.58. The molecule has 0 spiro atoms. The second-order valence-corrected chi connectivity index (χ2v) is 5.69. The van der Waals surface area contributed by atoms with Crippen molar-refractivity contribution in [2.45, 2.75) is 12.8 Å². The summed E-state index contributed by atoms with van der Waals surface area (Å²) in [5.41, 5.74) is -0.0394. The Morgan fingerprint density at radius 1 is 1.30 bits per heavy atom. The van der Waals surface area contributed by atoms with E-state index in [1.54, 1.807) is 0 Å². The summed E-state index contributed by atoms with van der Waals surface area (Å²) in [4.78, 5) is 19.1. The first-order valence-corrected chi connectivity index (χ1v) is 6.81. The van der Waals surface area contributed by atoms with Crippen LogP contribution in [0.25, 0.3) is 10.2 Å². The van der Waals surface area contributed by atoms with Crippen LogP contribution in [0.5, 0.6) is 0 Å². The molecule has 1 aliphatic heterocycles. The van der Waals surface area contributed by atoms with E-state index in [1.807, 2.05) is 0 Å². The maximum atomic E-state index is 13.6. The van der Waals surface area contributed by atoms with Gasteiger partial charge < -0.3 is 0 Å². The summed E-state index contributed by atoms with van der Waals surface area (Å²) in [6.45, 7) is -0.162. The van der Waals surface area contributed by atoms with Gasteiger partial charge >= 0.3 is 0 Å². The van der Waals surface area contributed by atoms with E-state index in [9.17, 15) is 18.0 Å². The minimum atomic E-state index is -0.993. The molecule has 0 saturated heterocycles. The fourth-order valence-electron chi connectivity index (χ4n) is 2.14. The third kappa shape index (κ3) is 2.33. The molecule has 20 heavy (non-hydrogen) atoms. The molecule has 1 aliphatic rings. The number of Topliss-reactive ketones (excluding diaryl/α,β-unsaturated/α-hetero) is 1. The highest BCUT2D eigenvalue weighted by Crippen LogP contribution is 2.28. The van der Waals surface area contributed by atoms with Crippen LogP contribution in [0.1, 0.15) is 11.4 Å². The van der Waals surface area contributed by atoms with Crippen LogP contribution in [0.3, 0.4) is 0 Å². The van der Waals surface area contributed by atoms with Crippen molar-refractivity contribution in [3.8, 4) is 0 Å². The maximum absolute atomic E-state index is 13.6. The number of benzene rings is 1. The predicted molar refractivity (Wildman–Crippen MR) is 69.8 cm³/mol. The number of fused-ring (bicyclic) bond motifs is 1. The average Bonchev–Trinajstić information content (AvgIpc) is 2.82. The second kappa shape index (κ2) is 4.97. The van der Waals surface area contributed by atoms with E-state index in [1.165, 1.54) is 17.4 Å². The lowest BCUT2D eigenvalue weighted by Gasteiger charge is -2.15. The van der Waals surface area contributed by atoms with Crippen LogP contribution in [0.2, 0.25) is 0 Å². The molecule has 1 aromatic carbocycles. The van der Waals surface area contributed by atoms with Crippen LogP contribution < -0.4 is 0 Å². The highest BCUT2D eigenvalue weighted by molar-refractivity contribution is 7.18. The fraction of sp³-hybridized carbons (Fsp3) is 0.308. The molecule has 3 rings (SSSR count). The van der Waals surface area contributed by atoms with Gasteiger partial charge in [-0.3, -0.25) is 9.79 Å². The molecule has 2 aromatic rings. The largest absolute Gasteiger partial charge is 0.297 e. The molecular formula is C13H9F3N2OS. The van der Waals surface area contributed by atoms with Gasteiger partial charge in [0.1, 0.15) is 12.1 Å². The summed E-state index contributed by atoms with van der Waals surface area (Å²) >= 11 is 1.18. The van der Waals surface area contributed by atoms with E-state index in [-0.39, 0.29) is 30.7 Å². The molecule has 7 heteroatoms. The molecule has 0 fully saturated rings. The van der Waals surface area contributed by atoms with Gasteiger partial charge in [-0.2, -0.15) is 4.39 Å². The van der Waals surface area contributed by atoms with E-state index in [4.69, 9.17) is 0 Å². The zero-order valence-electron chi connectivity index (χ0n) is 10.2. The van der Waals surface area contributed by atoms with Crippen molar-refractivity contribution in [3.05, 3.63) is 28.8 Å². The van der Waals surface area contributed by atoms with Crippen molar-refractivity contribution < 1.29 is 18.0 Å². The van der Waals surface area contributed by atoms with Gasteiger partial charge in [0.25, 0.3) is 0 Å². The highest BCUT2D eigenvalue weighted by Gasteiger charge is 2.26. The Labute approximate surface area is 116 Å². The van der Waals surface area contributed by atoms with Gasteiger partial charge in [0.15, 0.2) is 23.4 Å². The van der Waals surface area contributed by atoms with Crippen molar-refractivity contribution in [1.29, 1.82) is 0 Å².